The van der Waals surface area contributed by atoms with Crippen LogP contribution in [0.2, 0.25) is 0 Å². The first-order valence-electron chi connectivity index (χ1n) is 4.66. The first kappa shape index (κ1) is 12.9. The zero-order valence-electron chi connectivity index (χ0n) is 9.52. The van der Waals surface area contributed by atoms with Gasteiger partial charge in [0, 0.05) is 26.5 Å². The van der Waals surface area contributed by atoms with E-state index in [9.17, 15) is 8.42 Å². The van der Waals surface area contributed by atoms with Crippen LogP contribution in [0.4, 0.5) is 5.82 Å². The Morgan fingerprint density at radius 3 is 2.62 bits per heavy atom. The van der Waals surface area contributed by atoms with Crippen molar-refractivity contribution in [1.82, 2.24) is 9.97 Å². The Balaban J connectivity index is 3.04. The summed E-state index contributed by atoms with van der Waals surface area (Å²) in [7, 11) is 0.137. The average molecular weight is 245 g/mol. The molecule has 0 unspecified atom stereocenters. The molecule has 1 heterocycles. The summed E-state index contributed by atoms with van der Waals surface area (Å²) in [6, 6.07) is 1.72. The summed E-state index contributed by atoms with van der Waals surface area (Å²) in [4.78, 5) is 8.16. The van der Waals surface area contributed by atoms with Crippen LogP contribution in [0, 0.1) is 0 Å². The number of rotatable bonds is 5. The number of nitrogens with one attached hydrogen (secondary N) is 1. The predicted molar refractivity (Wildman–Crippen MR) is 60.8 cm³/mol. The van der Waals surface area contributed by atoms with E-state index in [1.165, 1.54) is 0 Å². The molecule has 1 rings (SSSR count). The van der Waals surface area contributed by atoms with E-state index in [1.807, 2.05) is 0 Å². The SMILES string of the molecule is CNc1cc(COC)nc(CS(C)(=O)=O)n1. The molecule has 7 heteroatoms. The monoisotopic (exact) mass is 245 g/mol. The molecule has 1 N–H and O–H groups in total. The Bertz CT molecular complexity index is 459. The molecule has 0 fully saturated rings. The third-order valence-corrected chi connectivity index (χ3v) is 2.55. The van der Waals surface area contributed by atoms with E-state index in [2.05, 4.69) is 15.3 Å². The van der Waals surface area contributed by atoms with Crippen LogP contribution in [-0.4, -0.2) is 38.8 Å². The molecule has 6 nitrogen and oxygen atoms in total. The molecule has 0 saturated heterocycles. The third-order valence-electron chi connectivity index (χ3n) is 1.77. The number of ether oxygens (including phenoxy) is 1. The second-order valence-electron chi connectivity index (χ2n) is 3.41. The molecule has 0 amide bonds. The van der Waals surface area contributed by atoms with Crippen molar-refractivity contribution in [2.75, 3.05) is 25.7 Å². The fraction of sp³-hybridized carbons (Fsp3) is 0.556. The molecule has 1 aromatic heterocycles. The minimum Gasteiger partial charge on any atom is -0.378 e. The Morgan fingerprint density at radius 2 is 2.12 bits per heavy atom. The van der Waals surface area contributed by atoms with E-state index in [1.54, 1.807) is 20.2 Å². The normalized spacial score (nSPS) is 11.4. The molecule has 0 saturated carbocycles. The summed E-state index contributed by atoms with van der Waals surface area (Å²) in [6.45, 7) is 0.327. The topological polar surface area (TPSA) is 81.2 Å². The van der Waals surface area contributed by atoms with E-state index in [4.69, 9.17) is 4.74 Å². The molecule has 0 aliphatic carbocycles. The highest BCUT2D eigenvalue weighted by atomic mass is 32.2. The number of nitrogens with zero attached hydrogens (tertiary/aromatic N) is 2. The number of aromatic nitrogens is 2. The first-order valence-corrected chi connectivity index (χ1v) is 6.72. The summed E-state index contributed by atoms with van der Waals surface area (Å²) in [6.07, 6.45) is 1.15. The van der Waals surface area contributed by atoms with Gasteiger partial charge in [0.05, 0.1) is 12.3 Å². The quantitative estimate of drug-likeness (QED) is 0.798. The molecule has 0 aliphatic heterocycles. The lowest BCUT2D eigenvalue weighted by molar-refractivity contribution is 0.181. The molecule has 1 aromatic rings. The molecule has 0 aromatic carbocycles. The van der Waals surface area contributed by atoms with E-state index in [0.29, 0.717) is 18.1 Å². The Labute approximate surface area is 95.0 Å². The second kappa shape index (κ2) is 5.22. The van der Waals surface area contributed by atoms with Gasteiger partial charge in [0.25, 0.3) is 0 Å². The van der Waals surface area contributed by atoms with Crippen molar-refractivity contribution < 1.29 is 13.2 Å². The van der Waals surface area contributed by atoms with E-state index < -0.39 is 9.84 Å². The van der Waals surface area contributed by atoms with Gasteiger partial charge in [0.15, 0.2) is 9.84 Å². The highest BCUT2D eigenvalue weighted by molar-refractivity contribution is 7.89. The number of hydrogen-bond acceptors (Lipinski definition) is 6. The van der Waals surface area contributed by atoms with Crippen molar-refractivity contribution in [1.29, 1.82) is 0 Å². The zero-order chi connectivity index (χ0) is 12.2. The van der Waals surface area contributed by atoms with Crippen molar-refractivity contribution in [3.63, 3.8) is 0 Å². The first-order chi connectivity index (χ1) is 7.44. The number of sulfone groups is 1. The number of anilines is 1. The number of methoxy groups -OCH3 is 1. The largest absolute Gasteiger partial charge is 0.378 e. The van der Waals surface area contributed by atoms with Gasteiger partial charge in [0.1, 0.15) is 17.4 Å². The Morgan fingerprint density at radius 1 is 1.44 bits per heavy atom. The highest BCUT2D eigenvalue weighted by Crippen LogP contribution is 2.09. The van der Waals surface area contributed by atoms with Crippen molar-refractivity contribution in [3.8, 4) is 0 Å². The third kappa shape index (κ3) is 4.11. The fourth-order valence-electron chi connectivity index (χ4n) is 1.20. The van der Waals surface area contributed by atoms with Crippen LogP contribution < -0.4 is 5.32 Å². The Kier molecular flexibility index (Phi) is 4.19. The standard InChI is InChI=1S/C9H15N3O3S/c1-10-8-4-7(5-15-2)11-9(12-8)6-16(3,13)14/h4H,5-6H2,1-3H3,(H,10,11,12). The minimum absolute atomic E-state index is 0.167. The van der Waals surface area contributed by atoms with Crippen LogP contribution >= 0.6 is 0 Å². The molecule has 0 radical (unpaired) electrons. The lowest BCUT2D eigenvalue weighted by atomic mass is 10.4. The second-order valence-corrected chi connectivity index (χ2v) is 5.55. The van der Waals surface area contributed by atoms with Crippen LogP contribution in [0.3, 0.4) is 0 Å². The van der Waals surface area contributed by atoms with Gasteiger partial charge < -0.3 is 10.1 Å². The molecule has 16 heavy (non-hydrogen) atoms. The van der Waals surface area contributed by atoms with Gasteiger partial charge in [-0.2, -0.15) is 0 Å². The summed E-state index contributed by atoms with van der Waals surface area (Å²) < 4.78 is 27.2. The van der Waals surface area contributed by atoms with Gasteiger partial charge in [-0.05, 0) is 0 Å². The minimum atomic E-state index is -3.13. The lowest BCUT2D eigenvalue weighted by Gasteiger charge is -2.06. The fourth-order valence-corrected chi connectivity index (χ4v) is 1.80. The molecular formula is C9H15N3O3S. The average Bonchev–Trinajstić information content (AvgIpc) is 2.15. The maximum Gasteiger partial charge on any atom is 0.154 e. The van der Waals surface area contributed by atoms with E-state index in [0.717, 1.165) is 6.26 Å². The van der Waals surface area contributed by atoms with E-state index >= 15 is 0 Å². The van der Waals surface area contributed by atoms with Crippen LogP contribution in [0.5, 0.6) is 0 Å². The summed E-state index contributed by atoms with van der Waals surface area (Å²) in [5, 5.41) is 2.85. The van der Waals surface area contributed by atoms with Crippen LogP contribution in [-0.2, 0) is 26.9 Å². The predicted octanol–water partition coefficient (Wildman–Crippen LogP) is 0.209. The summed E-state index contributed by atoms with van der Waals surface area (Å²) in [5.74, 6) is 0.696. The molecule has 0 bridgehead atoms. The molecule has 90 valence electrons. The molecular weight excluding hydrogens is 230 g/mol. The van der Waals surface area contributed by atoms with Gasteiger partial charge in [0.2, 0.25) is 0 Å². The lowest BCUT2D eigenvalue weighted by Crippen LogP contribution is -2.09. The molecule has 0 atom stereocenters. The van der Waals surface area contributed by atoms with Crippen LogP contribution in [0.15, 0.2) is 6.07 Å². The van der Waals surface area contributed by atoms with Gasteiger partial charge in [-0.1, -0.05) is 0 Å². The maximum absolute atomic E-state index is 11.1. The highest BCUT2D eigenvalue weighted by Gasteiger charge is 2.10. The summed E-state index contributed by atoms with van der Waals surface area (Å²) >= 11 is 0. The smallest absolute Gasteiger partial charge is 0.154 e. The van der Waals surface area contributed by atoms with Crippen molar-refractivity contribution in [2.45, 2.75) is 12.4 Å². The van der Waals surface area contributed by atoms with Gasteiger partial charge in [-0.25, -0.2) is 18.4 Å². The van der Waals surface area contributed by atoms with Gasteiger partial charge in [-0.15, -0.1) is 0 Å². The Hall–Kier alpha value is -1.21. The molecule has 0 spiro atoms. The zero-order valence-corrected chi connectivity index (χ0v) is 10.3. The van der Waals surface area contributed by atoms with Gasteiger partial charge in [-0.3, -0.25) is 0 Å². The van der Waals surface area contributed by atoms with Crippen molar-refractivity contribution in [3.05, 3.63) is 17.6 Å². The van der Waals surface area contributed by atoms with Gasteiger partial charge >= 0.3 is 0 Å². The maximum atomic E-state index is 11.1. The van der Waals surface area contributed by atoms with Crippen molar-refractivity contribution in [2.24, 2.45) is 0 Å². The van der Waals surface area contributed by atoms with E-state index in [-0.39, 0.29) is 11.6 Å². The van der Waals surface area contributed by atoms with Crippen LogP contribution in [0.1, 0.15) is 11.5 Å². The van der Waals surface area contributed by atoms with Crippen molar-refractivity contribution >= 4 is 15.7 Å². The van der Waals surface area contributed by atoms with Crippen LogP contribution in [0.25, 0.3) is 0 Å². The number of hydrogen-bond donors (Lipinski definition) is 1. The summed E-state index contributed by atoms with van der Waals surface area (Å²) in [5.41, 5.74) is 0.653. The molecule has 0 aliphatic rings.